The van der Waals surface area contributed by atoms with Gasteiger partial charge in [0.05, 0.1) is 43.8 Å². The molecule has 4 bridgehead atoms. The Morgan fingerprint density at radius 2 is 1.41 bits per heavy atom. The number of carbonyl (C=O) groups excluding carboxylic acids is 4. The summed E-state index contributed by atoms with van der Waals surface area (Å²) in [6, 6.07) is 9.07. The molecule has 12 rings (SSSR count). The Kier molecular flexibility index (Phi) is 12.5. The lowest BCUT2D eigenvalue weighted by molar-refractivity contribution is -0.120. The highest BCUT2D eigenvalue weighted by Crippen LogP contribution is 2.47. The summed E-state index contributed by atoms with van der Waals surface area (Å²) in [5.41, 5.74) is 2.41. The van der Waals surface area contributed by atoms with Crippen LogP contribution >= 0.6 is 0 Å². The molecule has 1 aromatic carbocycles. The van der Waals surface area contributed by atoms with E-state index in [1.54, 1.807) is 41.9 Å². The fourth-order valence-electron chi connectivity index (χ4n) is 11.8. The lowest BCUT2D eigenvalue weighted by Gasteiger charge is -2.35. The SMILES string of the molecule is CN1C(=O)[C@@H](NC(=O)c2ncn(CC3=C(F)C(C45CC(CO4)N(CCc4cc6n(n4)CC[C@@H](NC(=O)c4ncn(Cc7ccccc7F)n4)C(=O)N6C)C5)=CCC3)n2)CCn2nc(CCN3CC4CC3CO4)cc21. The second-order valence-corrected chi connectivity index (χ2v) is 20.5. The van der Waals surface area contributed by atoms with E-state index in [-0.39, 0.29) is 54.2 Å². The van der Waals surface area contributed by atoms with Crippen molar-refractivity contribution in [3.63, 3.8) is 0 Å². The summed E-state index contributed by atoms with van der Waals surface area (Å²) in [7, 11) is 3.35. The summed E-state index contributed by atoms with van der Waals surface area (Å²) in [5, 5.41) is 23.9. The standard InChI is InChI=1S/C50H58F2N16O6/c1-61-41-18-32(10-14-63-24-36-20-34(63)25-73-36)57-67(41)16-12-40(48(61)71)56-47(70)45-54-29-66(60-45)23-31-7-5-8-37(43(31)52)50-21-35(26-74-50)64(27-50)15-11-33-19-42-62(2)49(72)39(13-17-68(42)58-33)55-46(69)44-53-28-65(59-44)22-30-6-3-4-9-38(30)51/h3-4,6,8-9,18-19,28-29,34-36,39-40H,5,7,10-17,20-27H2,1-2H3,(H,55,69)(H,56,70)/t34?,35?,36?,39-,40+,50?/m1/s1. The number of fused-ring (bicyclic) bond motifs is 6. The van der Waals surface area contributed by atoms with Crippen LogP contribution in [0.2, 0.25) is 0 Å². The summed E-state index contributed by atoms with van der Waals surface area (Å²) in [4.78, 5) is 70.0. The van der Waals surface area contributed by atoms with Gasteiger partial charge < -0.3 is 20.1 Å². The molecule has 24 heteroatoms. The number of morpholine rings is 2. The lowest BCUT2D eigenvalue weighted by Crippen LogP contribution is -2.47. The normalized spacial score (nSPS) is 25.9. The molecule has 6 atom stereocenters. The first-order valence-electron chi connectivity index (χ1n) is 25.5. The van der Waals surface area contributed by atoms with E-state index in [0.29, 0.717) is 112 Å². The molecule has 4 fully saturated rings. The molecule has 4 saturated heterocycles. The fraction of sp³-hybridized carbons (Fsp3) is 0.520. The van der Waals surface area contributed by atoms with E-state index in [1.807, 2.05) is 22.9 Å². The number of hydrogen-bond donors (Lipinski definition) is 2. The average Bonchev–Trinajstić information content (AvgIpc) is 4.29. The molecule has 1 aliphatic carbocycles. The van der Waals surface area contributed by atoms with Crippen molar-refractivity contribution in [1.29, 1.82) is 0 Å². The van der Waals surface area contributed by atoms with E-state index in [9.17, 15) is 23.6 Å². The van der Waals surface area contributed by atoms with Crippen molar-refractivity contribution in [2.75, 3.05) is 63.3 Å². The van der Waals surface area contributed by atoms with Gasteiger partial charge in [-0.25, -0.2) is 37.5 Å². The van der Waals surface area contributed by atoms with Gasteiger partial charge in [-0.2, -0.15) is 10.2 Å². The molecule has 6 aliphatic heterocycles. The van der Waals surface area contributed by atoms with Crippen LogP contribution in [-0.4, -0.2) is 172 Å². The van der Waals surface area contributed by atoms with Gasteiger partial charge in [-0.1, -0.05) is 24.3 Å². The third-order valence-electron chi connectivity index (χ3n) is 15.8. The number of likely N-dealkylation sites (tertiary alicyclic amines) is 2. The maximum Gasteiger partial charge on any atom is 0.291 e. The van der Waals surface area contributed by atoms with E-state index in [2.05, 4.69) is 40.6 Å². The third-order valence-corrected chi connectivity index (χ3v) is 15.8. The van der Waals surface area contributed by atoms with Crippen molar-refractivity contribution in [2.24, 2.45) is 0 Å². The first-order chi connectivity index (χ1) is 35.8. The largest absolute Gasteiger partial charge is 0.375 e. The van der Waals surface area contributed by atoms with Crippen LogP contribution in [0, 0.1) is 5.82 Å². The quantitative estimate of drug-likeness (QED) is 0.153. The summed E-state index contributed by atoms with van der Waals surface area (Å²) in [5.74, 6) is -1.40. The number of amides is 4. The van der Waals surface area contributed by atoms with Crippen LogP contribution in [0.15, 0.2) is 72.1 Å². The van der Waals surface area contributed by atoms with Gasteiger partial charge in [-0.05, 0) is 50.2 Å². The van der Waals surface area contributed by atoms with Crippen LogP contribution in [0.3, 0.4) is 0 Å². The number of allylic oxidation sites excluding steroid dienone is 2. The Labute approximate surface area is 424 Å². The minimum absolute atomic E-state index is 0.0923. The number of likely N-dealkylation sites (N-methyl/N-ethyl adjacent to an activating group) is 2. The van der Waals surface area contributed by atoms with Gasteiger partial charge in [0.15, 0.2) is 0 Å². The number of halogens is 2. The first-order valence-corrected chi connectivity index (χ1v) is 25.5. The number of hydrogen-bond acceptors (Lipinski definition) is 14. The van der Waals surface area contributed by atoms with Crippen molar-refractivity contribution in [3.05, 3.63) is 107 Å². The molecular weight excluding hydrogens is 959 g/mol. The van der Waals surface area contributed by atoms with E-state index < -0.39 is 29.5 Å². The Morgan fingerprint density at radius 1 is 0.784 bits per heavy atom. The zero-order valence-electron chi connectivity index (χ0n) is 41.3. The van der Waals surface area contributed by atoms with Crippen LogP contribution in [0.25, 0.3) is 0 Å². The van der Waals surface area contributed by atoms with Crippen molar-refractivity contribution in [2.45, 2.75) is 113 Å². The van der Waals surface area contributed by atoms with Gasteiger partial charge in [0.25, 0.3) is 23.6 Å². The third kappa shape index (κ3) is 9.10. The number of nitrogens with one attached hydrogen (secondary N) is 2. The Morgan fingerprint density at radius 3 is 2.01 bits per heavy atom. The maximum absolute atomic E-state index is 16.7. The number of aryl methyl sites for hydroxylation is 2. The fourth-order valence-corrected chi connectivity index (χ4v) is 11.8. The maximum atomic E-state index is 16.7. The van der Waals surface area contributed by atoms with Gasteiger partial charge >= 0.3 is 0 Å². The van der Waals surface area contributed by atoms with E-state index in [1.165, 1.54) is 33.0 Å². The van der Waals surface area contributed by atoms with Gasteiger partial charge in [0.2, 0.25) is 11.6 Å². The minimum atomic E-state index is -0.840. The number of aromatic nitrogens is 10. The van der Waals surface area contributed by atoms with Gasteiger partial charge in [-0.15, -0.1) is 10.2 Å². The molecule has 10 heterocycles. The number of nitrogens with zero attached hydrogens (tertiary/aromatic N) is 14. The van der Waals surface area contributed by atoms with E-state index >= 15 is 4.39 Å². The number of anilines is 2. The zero-order valence-corrected chi connectivity index (χ0v) is 41.3. The van der Waals surface area contributed by atoms with Crippen LogP contribution in [0.5, 0.6) is 0 Å². The molecule has 0 saturated carbocycles. The summed E-state index contributed by atoms with van der Waals surface area (Å²) in [6.45, 7) is 5.29. The molecule has 0 spiro atoms. The van der Waals surface area contributed by atoms with Gasteiger partial charge in [0.1, 0.15) is 53.6 Å². The topological polar surface area (TPSA) is 221 Å². The Hall–Kier alpha value is -7.02. The molecule has 2 N–H and O–H groups in total. The highest BCUT2D eigenvalue weighted by molar-refractivity contribution is 6.01. The molecule has 0 radical (unpaired) electrons. The van der Waals surface area contributed by atoms with Gasteiger partial charge in [0, 0.05) is 102 Å². The molecule has 5 aromatic rings. The number of benzene rings is 1. The first kappa shape index (κ1) is 48.0. The highest BCUT2D eigenvalue weighted by Gasteiger charge is 2.54. The minimum Gasteiger partial charge on any atom is -0.375 e. The zero-order chi connectivity index (χ0) is 50.8. The lowest BCUT2D eigenvalue weighted by atomic mass is 9.85. The summed E-state index contributed by atoms with van der Waals surface area (Å²) in [6.07, 6.45) is 9.89. The number of ether oxygens (including phenoxy) is 2. The Balaban J connectivity index is 0.624. The van der Waals surface area contributed by atoms with Crippen LogP contribution in [0.4, 0.5) is 20.4 Å². The smallest absolute Gasteiger partial charge is 0.291 e. The Bertz CT molecular complexity index is 3090. The molecule has 7 aliphatic rings. The monoisotopic (exact) mass is 1020 g/mol. The van der Waals surface area contributed by atoms with Crippen molar-refractivity contribution in [3.8, 4) is 0 Å². The average molecular weight is 1020 g/mol. The molecule has 4 amide bonds. The van der Waals surface area contributed by atoms with Crippen LogP contribution in [0.1, 0.15) is 76.7 Å². The van der Waals surface area contributed by atoms with Crippen molar-refractivity contribution in [1.82, 2.24) is 69.5 Å². The molecule has 22 nitrogen and oxygen atoms in total. The van der Waals surface area contributed by atoms with Crippen LogP contribution in [-0.2, 0) is 58.1 Å². The summed E-state index contributed by atoms with van der Waals surface area (Å²) >= 11 is 0. The van der Waals surface area contributed by atoms with Crippen molar-refractivity contribution < 1.29 is 37.4 Å². The van der Waals surface area contributed by atoms with Crippen LogP contribution < -0.4 is 20.4 Å². The molecular formula is C50H58F2N16O6. The van der Waals surface area contributed by atoms with E-state index in [0.717, 1.165) is 43.9 Å². The highest BCUT2D eigenvalue weighted by atomic mass is 19.1. The number of rotatable bonds is 15. The predicted octanol–water partition coefficient (Wildman–Crippen LogP) is 1.83. The molecule has 74 heavy (non-hydrogen) atoms. The van der Waals surface area contributed by atoms with Crippen molar-refractivity contribution >= 4 is 35.3 Å². The number of carbonyl (C=O) groups is 4. The second kappa shape index (κ2) is 19.4. The summed E-state index contributed by atoms with van der Waals surface area (Å²) < 4.78 is 49.4. The molecule has 4 aromatic heterocycles. The van der Waals surface area contributed by atoms with Gasteiger partial charge in [-0.3, -0.25) is 38.8 Å². The molecule has 4 unspecified atom stereocenters. The van der Waals surface area contributed by atoms with E-state index in [4.69, 9.17) is 19.7 Å². The molecule has 388 valence electrons. The second-order valence-electron chi connectivity index (χ2n) is 20.5. The predicted molar refractivity (Wildman–Crippen MR) is 260 cm³/mol.